The van der Waals surface area contributed by atoms with Crippen LogP contribution in [-0.2, 0) is 5.41 Å². The average Bonchev–Trinajstić information content (AvgIpc) is 4.11. The molecule has 1 aliphatic rings. The Bertz CT molecular complexity index is 4170. The van der Waals surface area contributed by atoms with Crippen molar-refractivity contribution < 1.29 is 8.83 Å². The van der Waals surface area contributed by atoms with Crippen LogP contribution < -0.4 is 0 Å². The number of rotatable bonds is 5. The van der Waals surface area contributed by atoms with Gasteiger partial charge < -0.3 is 8.83 Å². The fraction of sp³-hybridized carbons (Fsp3) is 0.0500. The second-order valence-corrected chi connectivity index (χ2v) is 18.9. The van der Waals surface area contributed by atoms with E-state index in [4.69, 9.17) is 23.8 Å². The third-order valence-corrected chi connectivity index (χ3v) is 14.9. The maximum Gasteiger partial charge on any atom is 0.164 e. The first-order valence-corrected chi connectivity index (χ1v) is 23.1. The molecule has 66 heavy (non-hydrogen) atoms. The third kappa shape index (κ3) is 5.49. The van der Waals surface area contributed by atoms with Gasteiger partial charge in [0.1, 0.15) is 22.3 Å². The summed E-state index contributed by atoms with van der Waals surface area (Å²) in [6.45, 7) is 4.70. The van der Waals surface area contributed by atoms with E-state index in [-0.39, 0.29) is 5.41 Å². The number of thiophene rings is 1. The van der Waals surface area contributed by atoms with Crippen molar-refractivity contribution in [3.8, 4) is 67.5 Å². The lowest BCUT2D eigenvalue weighted by Crippen LogP contribution is -2.16. The van der Waals surface area contributed by atoms with Gasteiger partial charge in [0.2, 0.25) is 0 Å². The van der Waals surface area contributed by atoms with Gasteiger partial charge in [-0.3, -0.25) is 0 Å². The fourth-order valence-electron chi connectivity index (χ4n) is 10.7. The van der Waals surface area contributed by atoms with Crippen LogP contribution in [0.15, 0.2) is 197 Å². The Morgan fingerprint density at radius 3 is 1.76 bits per heavy atom. The smallest absolute Gasteiger partial charge is 0.164 e. The number of benzene rings is 9. The molecule has 6 heteroatoms. The number of hydrogen-bond donors (Lipinski definition) is 0. The summed E-state index contributed by atoms with van der Waals surface area (Å²) in [6.07, 6.45) is 0. The first kappa shape index (κ1) is 37.2. The topological polar surface area (TPSA) is 65.0 Å². The second kappa shape index (κ2) is 13.9. The van der Waals surface area contributed by atoms with Gasteiger partial charge in [0, 0.05) is 63.8 Å². The molecule has 1 aliphatic carbocycles. The lowest BCUT2D eigenvalue weighted by Gasteiger charge is -2.24. The maximum atomic E-state index is 6.62. The van der Waals surface area contributed by atoms with Gasteiger partial charge in [-0.15, -0.1) is 11.3 Å². The van der Waals surface area contributed by atoms with Crippen molar-refractivity contribution >= 4 is 75.4 Å². The normalized spacial score (nSPS) is 13.1. The van der Waals surface area contributed by atoms with E-state index in [1.807, 2.05) is 42.5 Å². The molecule has 0 aliphatic heterocycles. The van der Waals surface area contributed by atoms with Crippen LogP contribution in [0.5, 0.6) is 0 Å². The number of nitrogens with zero attached hydrogens (tertiary/aromatic N) is 3. The van der Waals surface area contributed by atoms with Gasteiger partial charge in [0.25, 0.3) is 0 Å². The van der Waals surface area contributed by atoms with Gasteiger partial charge in [-0.2, -0.15) is 0 Å². The fourth-order valence-corrected chi connectivity index (χ4v) is 11.9. The predicted octanol–water partition coefficient (Wildman–Crippen LogP) is 16.7. The first-order valence-electron chi connectivity index (χ1n) is 22.3. The highest BCUT2D eigenvalue weighted by molar-refractivity contribution is 7.25. The molecule has 9 aromatic carbocycles. The van der Waals surface area contributed by atoms with Crippen molar-refractivity contribution in [3.63, 3.8) is 0 Å². The molecular weight excluding hydrogens is 827 g/mol. The third-order valence-electron chi connectivity index (χ3n) is 13.7. The van der Waals surface area contributed by atoms with Crippen molar-refractivity contribution in [3.05, 3.63) is 199 Å². The highest BCUT2D eigenvalue weighted by Crippen LogP contribution is 2.52. The monoisotopic (exact) mass is 863 g/mol. The van der Waals surface area contributed by atoms with E-state index in [0.29, 0.717) is 17.5 Å². The molecule has 13 aromatic rings. The summed E-state index contributed by atoms with van der Waals surface area (Å²) < 4.78 is 15.4. The minimum Gasteiger partial charge on any atom is -0.456 e. The summed E-state index contributed by atoms with van der Waals surface area (Å²) in [7, 11) is 0. The van der Waals surface area contributed by atoms with Gasteiger partial charge in [-0.05, 0) is 93.0 Å². The largest absolute Gasteiger partial charge is 0.456 e. The Hall–Kier alpha value is -8.19. The molecule has 0 spiro atoms. The van der Waals surface area contributed by atoms with Crippen LogP contribution in [0.3, 0.4) is 0 Å². The molecular formula is C60H37N3O2S. The van der Waals surface area contributed by atoms with Gasteiger partial charge in [-0.25, -0.2) is 15.0 Å². The van der Waals surface area contributed by atoms with Crippen LogP contribution in [0, 0.1) is 0 Å². The molecule has 0 saturated carbocycles. The van der Waals surface area contributed by atoms with Crippen LogP contribution in [0.2, 0.25) is 0 Å². The molecule has 0 N–H and O–H groups in total. The average molecular weight is 864 g/mol. The summed E-state index contributed by atoms with van der Waals surface area (Å²) in [5, 5.41) is 6.43. The van der Waals surface area contributed by atoms with Gasteiger partial charge in [0.05, 0.1) is 0 Å². The first-order chi connectivity index (χ1) is 32.4. The Balaban J connectivity index is 0.949. The summed E-state index contributed by atoms with van der Waals surface area (Å²) in [4.78, 5) is 15.9. The number of furan rings is 2. The Morgan fingerprint density at radius 2 is 0.924 bits per heavy atom. The van der Waals surface area contributed by atoms with E-state index in [0.717, 1.165) is 71.7 Å². The molecule has 0 bridgehead atoms. The Labute approximate surface area is 383 Å². The highest BCUT2D eigenvalue weighted by Gasteiger charge is 2.37. The number of para-hydroxylation sites is 1. The van der Waals surface area contributed by atoms with Crippen molar-refractivity contribution in [2.45, 2.75) is 19.3 Å². The van der Waals surface area contributed by atoms with E-state index >= 15 is 0 Å². The summed E-state index contributed by atoms with van der Waals surface area (Å²) in [6, 6.07) is 66.6. The van der Waals surface area contributed by atoms with Crippen molar-refractivity contribution in [1.29, 1.82) is 0 Å². The molecule has 0 atom stereocenters. The summed E-state index contributed by atoms with van der Waals surface area (Å²) >= 11 is 1.79. The van der Waals surface area contributed by atoms with E-state index in [1.165, 1.54) is 53.6 Å². The van der Waals surface area contributed by atoms with Crippen LogP contribution in [0.1, 0.15) is 25.0 Å². The minimum absolute atomic E-state index is 0.123. The van der Waals surface area contributed by atoms with Gasteiger partial charge in [0.15, 0.2) is 17.5 Å². The second-order valence-electron chi connectivity index (χ2n) is 17.9. The zero-order valence-electron chi connectivity index (χ0n) is 36.0. The lowest BCUT2D eigenvalue weighted by atomic mass is 9.78. The predicted molar refractivity (Wildman–Crippen MR) is 272 cm³/mol. The van der Waals surface area contributed by atoms with E-state index in [1.54, 1.807) is 11.3 Å². The zero-order valence-corrected chi connectivity index (χ0v) is 36.8. The minimum atomic E-state index is -0.123. The number of fused-ring (bicyclic) bond motifs is 12. The summed E-state index contributed by atoms with van der Waals surface area (Å²) in [5.41, 5.74) is 15.8. The van der Waals surface area contributed by atoms with Gasteiger partial charge in [-0.1, -0.05) is 153 Å². The van der Waals surface area contributed by atoms with Crippen molar-refractivity contribution in [2.24, 2.45) is 0 Å². The van der Waals surface area contributed by atoms with Crippen LogP contribution in [-0.4, -0.2) is 15.0 Å². The van der Waals surface area contributed by atoms with Crippen LogP contribution >= 0.6 is 11.3 Å². The van der Waals surface area contributed by atoms with Crippen LogP contribution in [0.25, 0.3) is 132 Å². The number of hydrogen-bond acceptors (Lipinski definition) is 6. The molecule has 4 heterocycles. The van der Waals surface area contributed by atoms with Gasteiger partial charge >= 0.3 is 0 Å². The molecule has 310 valence electrons. The molecule has 4 aromatic heterocycles. The van der Waals surface area contributed by atoms with Crippen molar-refractivity contribution in [1.82, 2.24) is 15.0 Å². The molecule has 0 radical (unpaired) electrons. The maximum absolute atomic E-state index is 6.62. The quantitative estimate of drug-likeness (QED) is 0.172. The molecule has 0 unspecified atom stereocenters. The summed E-state index contributed by atoms with van der Waals surface area (Å²) in [5.74, 6) is 1.74. The Morgan fingerprint density at radius 1 is 0.364 bits per heavy atom. The van der Waals surface area contributed by atoms with E-state index in [2.05, 4.69) is 159 Å². The van der Waals surface area contributed by atoms with E-state index < -0.39 is 0 Å². The Kier molecular flexibility index (Phi) is 7.84. The van der Waals surface area contributed by atoms with Crippen LogP contribution in [0.4, 0.5) is 0 Å². The standard InChI is InChI=1S/C60H37N3O2S/c1-60(2)47-22-6-3-15-39(47)42-19-10-18-38(56(42)60)36-14-9-13-34(31-36)35-28-30-49-46(32-35)55-45(21-12-25-51(55)65-49)59-62-57(37-27-29-41-40-16-5-8-26-52(40)66-53(41)33-37)61-58(63-59)44-20-11-24-50-54(44)43-17-4-7-23-48(43)64-50/h3-33H,1-2H3. The molecule has 5 nitrogen and oxygen atoms in total. The lowest BCUT2D eigenvalue weighted by molar-refractivity contribution is 0.662. The van der Waals surface area contributed by atoms with Crippen molar-refractivity contribution in [2.75, 3.05) is 0 Å². The highest BCUT2D eigenvalue weighted by atomic mass is 32.1. The molecule has 0 fully saturated rings. The number of aromatic nitrogens is 3. The molecule has 14 rings (SSSR count). The molecule has 0 amide bonds. The zero-order chi connectivity index (χ0) is 43.7. The molecule has 0 saturated heterocycles. The van der Waals surface area contributed by atoms with E-state index in [9.17, 15) is 0 Å². The SMILES string of the molecule is CC1(C)c2ccccc2-c2cccc(-c3cccc(-c4ccc5oc6cccc(-c7nc(-c8ccc9c(c8)sc8ccccc89)nc(-c8cccc9oc%10ccccc%10c89)n7)c6c5c4)c3)c21.